The van der Waals surface area contributed by atoms with Crippen molar-refractivity contribution in [3.05, 3.63) is 28.8 Å². The van der Waals surface area contributed by atoms with Gasteiger partial charge in [-0.05, 0) is 31.7 Å². The van der Waals surface area contributed by atoms with Gasteiger partial charge in [-0.2, -0.15) is 4.31 Å². The molecule has 0 atom stereocenters. The van der Waals surface area contributed by atoms with Crippen LogP contribution in [0.1, 0.15) is 5.56 Å². The molecule has 0 amide bonds. The van der Waals surface area contributed by atoms with Crippen molar-refractivity contribution in [3.8, 4) is 0 Å². The van der Waals surface area contributed by atoms with E-state index in [0.29, 0.717) is 18.1 Å². The van der Waals surface area contributed by atoms with Crippen LogP contribution >= 0.6 is 11.6 Å². The van der Waals surface area contributed by atoms with Crippen LogP contribution in [-0.4, -0.2) is 50.8 Å². The summed E-state index contributed by atoms with van der Waals surface area (Å²) >= 11 is 6.05. The average Bonchev–Trinajstić information content (AvgIpc) is 2.29. The van der Waals surface area contributed by atoms with Crippen LogP contribution in [0.5, 0.6) is 0 Å². The van der Waals surface area contributed by atoms with Gasteiger partial charge in [0, 0.05) is 26.2 Å². The van der Waals surface area contributed by atoms with Gasteiger partial charge in [0.15, 0.2) is 0 Å². The lowest BCUT2D eigenvalue weighted by molar-refractivity contribution is 0.222. The normalized spacial score (nSPS) is 19.1. The molecule has 0 saturated carbocycles. The van der Waals surface area contributed by atoms with Gasteiger partial charge < -0.3 is 4.90 Å². The molecular weight excluding hydrogens is 272 g/mol. The smallest absolute Gasteiger partial charge is 0.244 e. The molecule has 1 aliphatic rings. The fourth-order valence-electron chi connectivity index (χ4n) is 1.98. The van der Waals surface area contributed by atoms with E-state index in [1.807, 2.05) is 14.0 Å². The monoisotopic (exact) mass is 288 g/mol. The van der Waals surface area contributed by atoms with Gasteiger partial charge in [0.25, 0.3) is 0 Å². The van der Waals surface area contributed by atoms with Crippen LogP contribution < -0.4 is 0 Å². The largest absolute Gasteiger partial charge is 0.304 e. The molecule has 0 aromatic heterocycles. The molecule has 1 heterocycles. The maximum atomic E-state index is 12.4. The van der Waals surface area contributed by atoms with Gasteiger partial charge in [-0.3, -0.25) is 0 Å². The van der Waals surface area contributed by atoms with E-state index in [4.69, 9.17) is 11.6 Å². The van der Waals surface area contributed by atoms with Crippen molar-refractivity contribution in [1.29, 1.82) is 0 Å². The summed E-state index contributed by atoms with van der Waals surface area (Å²) < 4.78 is 26.4. The fourth-order valence-corrected chi connectivity index (χ4v) is 3.98. The van der Waals surface area contributed by atoms with E-state index >= 15 is 0 Å². The van der Waals surface area contributed by atoms with E-state index in [9.17, 15) is 8.42 Å². The van der Waals surface area contributed by atoms with Crippen molar-refractivity contribution >= 4 is 21.6 Å². The number of halogens is 1. The predicted molar refractivity (Wildman–Crippen MR) is 72.4 cm³/mol. The number of aryl methyl sites for hydroxylation is 1. The van der Waals surface area contributed by atoms with Crippen LogP contribution in [0.4, 0.5) is 0 Å². The van der Waals surface area contributed by atoms with Gasteiger partial charge in [-0.15, -0.1) is 0 Å². The lowest BCUT2D eigenvalue weighted by Gasteiger charge is -2.31. The second-order valence-electron chi connectivity index (χ2n) is 4.64. The number of sulfonamides is 1. The summed E-state index contributed by atoms with van der Waals surface area (Å²) in [6, 6.07) is 5.05. The zero-order valence-electron chi connectivity index (χ0n) is 10.6. The molecule has 2 rings (SSSR count). The van der Waals surface area contributed by atoms with E-state index in [1.165, 1.54) is 4.31 Å². The van der Waals surface area contributed by atoms with Crippen molar-refractivity contribution in [2.45, 2.75) is 11.8 Å². The molecule has 0 N–H and O–H groups in total. The summed E-state index contributed by atoms with van der Waals surface area (Å²) in [4.78, 5) is 2.32. The summed E-state index contributed by atoms with van der Waals surface area (Å²) in [7, 11) is -1.47. The molecule has 0 radical (unpaired) electrons. The van der Waals surface area contributed by atoms with E-state index in [1.54, 1.807) is 18.2 Å². The first-order valence-corrected chi connectivity index (χ1v) is 7.68. The summed E-state index contributed by atoms with van der Waals surface area (Å²) in [5.74, 6) is 0. The Morgan fingerprint density at radius 3 is 2.33 bits per heavy atom. The Morgan fingerprint density at radius 2 is 1.78 bits per heavy atom. The molecule has 0 aliphatic carbocycles. The van der Waals surface area contributed by atoms with Gasteiger partial charge in [-0.25, -0.2) is 8.42 Å². The highest BCUT2D eigenvalue weighted by atomic mass is 35.5. The highest BCUT2D eigenvalue weighted by Gasteiger charge is 2.28. The Morgan fingerprint density at radius 1 is 1.17 bits per heavy atom. The third-order valence-corrected chi connectivity index (χ3v) is 5.55. The Hall–Kier alpha value is -0.620. The van der Waals surface area contributed by atoms with Crippen LogP contribution in [0, 0.1) is 6.92 Å². The first kappa shape index (κ1) is 13.8. The maximum absolute atomic E-state index is 12.4. The average molecular weight is 289 g/mol. The Bertz CT molecular complexity index is 537. The second-order valence-corrected chi connectivity index (χ2v) is 6.95. The molecule has 1 saturated heterocycles. The first-order chi connectivity index (χ1) is 8.41. The van der Waals surface area contributed by atoms with Crippen molar-refractivity contribution in [1.82, 2.24) is 9.21 Å². The van der Waals surface area contributed by atoms with Gasteiger partial charge >= 0.3 is 0 Å². The third-order valence-electron chi connectivity index (χ3n) is 3.17. The van der Waals surface area contributed by atoms with Crippen molar-refractivity contribution in [3.63, 3.8) is 0 Å². The number of hydrogen-bond acceptors (Lipinski definition) is 3. The van der Waals surface area contributed by atoms with E-state index in [2.05, 4.69) is 4.90 Å². The lowest BCUT2D eigenvalue weighted by Crippen LogP contribution is -2.47. The van der Waals surface area contributed by atoms with Crippen LogP contribution in [0.3, 0.4) is 0 Å². The van der Waals surface area contributed by atoms with Crippen LogP contribution in [0.15, 0.2) is 23.1 Å². The fraction of sp³-hybridized carbons (Fsp3) is 0.500. The zero-order chi connectivity index (χ0) is 13.3. The minimum atomic E-state index is -3.46. The molecule has 1 aromatic rings. The number of nitrogens with zero attached hydrogens (tertiary/aromatic N) is 2. The number of hydrogen-bond donors (Lipinski definition) is 0. The highest BCUT2D eigenvalue weighted by molar-refractivity contribution is 7.89. The van der Waals surface area contributed by atoms with Crippen molar-refractivity contribution in [2.75, 3.05) is 33.2 Å². The molecule has 1 aliphatic heterocycles. The van der Waals surface area contributed by atoms with E-state index in [-0.39, 0.29) is 4.90 Å². The number of piperazine rings is 1. The zero-order valence-corrected chi connectivity index (χ0v) is 12.1. The van der Waals surface area contributed by atoms with Crippen molar-refractivity contribution < 1.29 is 8.42 Å². The maximum Gasteiger partial charge on any atom is 0.244 e. The Labute approximate surface area is 113 Å². The molecule has 0 bridgehead atoms. The molecule has 100 valence electrons. The molecule has 1 aromatic carbocycles. The lowest BCUT2D eigenvalue weighted by atomic mass is 10.2. The summed E-state index contributed by atoms with van der Waals surface area (Å²) in [5, 5.41) is 0.300. The quantitative estimate of drug-likeness (QED) is 0.830. The molecular formula is C12H17ClN2O2S. The number of benzene rings is 1. The number of likely N-dealkylation sites (N-methyl/N-ethyl adjacent to an activating group) is 1. The molecule has 6 heteroatoms. The first-order valence-electron chi connectivity index (χ1n) is 5.86. The van der Waals surface area contributed by atoms with Gasteiger partial charge in [0.05, 0.1) is 5.02 Å². The summed E-state index contributed by atoms with van der Waals surface area (Å²) in [5.41, 5.74) is 0.956. The standard InChI is InChI=1S/C12H17ClN2O2S/c1-10-3-4-12(11(13)9-10)18(16,17)15-7-5-14(2)6-8-15/h3-4,9H,5-8H2,1-2H3. The molecule has 18 heavy (non-hydrogen) atoms. The SMILES string of the molecule is Cc1ccc(S(=O)(=O)N2CCN(C)CC2)c(Cl)c1. The van der Waals surface area contributed by atoms with E-state index < -0.39 is 10.0 Å². The number of rotatable bonds is 2. The Kier molecular flexibility index (Phi) is 3.96. The predicted octanol–water partition coefficient (Wildman–Crippen LogP) is 1.58. The second kappa shape index (κ2) is 5.17. The van der Waals surface area contributed by atoms with Crippen LogP contribution in [0.25, 0.3) is 0 Å². The van der Waals surface area contributed by atoms with Gasteiger partial charge in [0.2, 0.25) is 10.0 Å². The molecule has 0 unspecified atom stereocenters. The molecule has 1 fully saturated rings. The molecule has 0 spiro atoms. The third kappa shape index (κ3) is 2.69. The summed E-state index contributed by atoms with van der Waals surface area (Å²) in [6.45, 7) is 4.43. The molecule has 4 nitrogen and oxygen atoms in total. The summed E-state index contributed by atoms with van der Waals surface area (Å²) in [6.07, 6.45) is 0. The minimum absolute atomic E-state index is 0.208. The highest BCUT2D eigenvalue weighted by Crippen LogP contribution is 2.26. The Balaban J connectivity index is 2.30. The van der Waals surface area contributed by atoms with Crippen molar-refractivity contribution in [2.24, 2.45) is 0 Å². The van der Waals surface area contributed by atoms with Crippen LogP contribution in [-0.2, 0) is 10.0 Å². The van der Waals surface area contributed by atoms with E-state index in [0.717, 1.165) is 18.7 Å². The minimum Gasteiger partial charge on any atom is -0.304 e. The van der Waals surface area contributed by atoms with Gasteiger partial charge in [0.1, 0.15) is 4.90 Å². The van der Waals surface area contributed by atoms with Gasteiger partial charge in [-0.1, -0.05) is 17.7 Å². The van der Waals surface area contributed by atoms with Crippen LogP contribution in [0.2, 0.25) is 5.02 Å². The topological polar surface area (TPSA) is 40.6 Å².